The number of carbonyl (C=O) groups is 1. The first-order chi connectivity index (χ1) is 9.84. The normalized spacial score (nSPS) is 13.4. The maximum Gasteiger partial charge on any atom is 0.254 e. The van der Waals surface area contributed by atoms with Crippen LogP contribution in [0.5, 0.6) is 0 Å². The van der Waals surface area contributed by atoms with E-state index in [-0.39, 0.29) is 24.0 Å². The molecular weight excluding hydrogens is 270 g/mol. The van der Waals surface area contributed by atoms with E-state index in [1.165, 1.54) is 17.0 Å². The highest BCUT2D eigenvalue weighted by Crippen LogP contribution is 2.22. The van der Waals surface area contributed by atoms with Crippen molar-refractivity contribution in [1.29, 1.82) is 0 Å². The molecule has 0 aliphatic carbocycles. The third-order valence-corrected chi connectivity index (χ3v) is 3.56. The van der Waals surface area contributed by atoms with Crippen LogP contribution in [0, 0.1) is 12.3 Å². The first-order valence-corrected chi connectivity index (χ1v) is 6.91. The summed E-state index contributed by atoms with van der Waals surface area (Å²) in [4.78, 5) is 20.6. The van der Waals surface area contributed by atoms with Gasteiger partial charge in [-0.2, -0.15) is 10.1 Å². The minimum absolute atomic E-state index is 0.0293. The van der Waals surface area contributed by atoms with Gasteiger partial charge in [0.25, 0.3) is 11.7 Å². The van der Waals surface area contributed by atoms with Crippen LogP contribution >= 0.6 is 0 Å². The molecule has 7 heteroatoms. The number of nitrogens with zero attached hydrogens (tertiary/aromatic N) is 4. The number of aliphatic hydroxyl groups excluding tert-OH is 1. The predicted molar refractivity (Wildman–Crippen MR) is 77.9 cm³/mol. The van der Waals surface area contributed by atoms with E-state index in [0.29, 0.717) is 23.5 Å². The summed E-state index contributed by atoms with van der Waals surface area (Å²) in [6, 6.07) is -0.124. The maximum absolute atomic E-state index is 12.5. The highest BCUT2D eigenvalue weighted by Gasteiger charge is 2.27. The van der Waals surface area contributed by atoms with Crippen LogP contribution in [0.2, 0.25) is 0 Å². The highest BCUT2D eigenvalue weighted by atomic mass is 16.3. The molecule has 114 valence electrons. The van der Waals surface area contributed by atoms with Crippen molar-refractivity contribution in [3.8, 4) is 0 Å². The molecule has 0 aliphatic rings. The lowest BCUT2D eigenvalue weighted by molar-refractivity contribution is 0.0883. The van der Waals surface area contributed by atoms with Crippen molar-refractivity contribution < 1.29 is 9.90 Å². The summed E-state index contributed by atoms with van der Waals surface area (Å²) in [6.45, 7) is 7.91. The molecule has 2 aromatic rings. The van der Waals surface area contributed by atoms with E-state index in [0.717, 1.165) is 0 Å². The van der Waals surface area contributed by atoms with Crippen LogP contribution in [0.15, 0.2) is 12.5 Å². The van der Waals surface area contributed by atoms with Crippen molar-refractivity contribution in [3.05, 3.63) is 23.8 Å². The molecule has 21 heavy (non-hydrogen) atoms. The van der Waals surface area contributed by atoms with Gasteiger partial charge in [-0.3, -0.25) is 4.79 Å². The molecule has 0 aliphatic heterocycles. The van der Waals surface area contributed by atoms with Gasteiger partial charge in [0.1, 0.15) is 6.33 Å². The summed E-state index contributed by atoms with van der Waals surface area (Å²) >= 11 is 0. The van der Waals surface area contributed by atoms with Crippen molar-refractivity contribution in [3.63, 3.8) is 0 Å². The van der Waals surface area contributed by atoms with Crippen molar-refractivity contribution in [2.45, 2.75) is 40.2 Å². The molecule has 0 fully saturated rings. The zero-order valence-corrected chi connectivity index (χ0v) is 12.8. The molecule has 0 saturated heterocycles. The number of fused-ring (bicyclic) bond motifs is 1. The summed E-state index contributed by atoms with van der Waals surface area (Å²) in [5, 5.41) is 16.2. The van der Waals surface area contributed by atoms with Crippen LogP contribution in [0.25, 0.3) is 5.78 Å². The molecular formula is C14H21N5O2. The van der Waals surface area contributed by atoms with E-state index in [9.17, 15) is 4.79 Å². The third-order valence-electron chi connectivity index (χ3n) is 3.56. The summed E-state index contributed by atoms with van der Waals surface area (Å²) in [6.07, 6.45) is 3.42. The second kappa shape index (κ2) is 5.77. The van der Waals surface area contributed by atoms with Gasteiger partial charge in [-0.25, -0.2) is 9.50 Å². The second-order valence-electron chi connectivity index (χ2n) is 6.13. The molecule has 0 saturated carbocycles. The minimum Gasteiger partial charge on any atom is -0.396 e. The quantitative estimate of drug-likeness (QED) is 0.875. The molecule has 2 N–H and O–H groups in total. The predicted octanol–water partition coefficient (Wildman–Crippen LogP) is 0.960. The Bertz CT molecular complexity index is 644. The van der Waals surface area contributed by atoms with Gasteiger partial charge >= 0.3 is 0 Å². The zero-order chi connectivity index (χ0) is 15.6. The molecule has 0 spiro atoms. The van der Waals surface area contributed by atoms with Crippen molar-refractivity contribution in [1.82, 2.24) is 24.9 Å². The monoisotopic (exact) mass is 291 g/mol. The number of rotatable bonds is 4. The summed E-state index contributed by atoms with van der Waals surface area (Å²) in [7, 11) is 0. The fourth-order valence-electron chi connectivity index (χ4n) is 2.20. The van der Waals surface area contributed by atoms with E-state index in [2.05, 4.69) is 20.4 Å². The van der Waals surface area contributed by atoms with Gasteiger partial charge in [-0.15, -0.1) is 0 Å². The summed E-state index contributed by atoms with van der Waals surface area (Å²) in [5.41, 5.74) is 1.00. The number of aromatic nitrogens is 4. The Morgan fingerprint density at radius 3 is 2.76 bits per heavy atom. The molecule has 2 aromatic heterocycles. The van der Waals surface area contributed by atoms with E-state index < -0.39 is 0 Å². The first kappa shape index (κ1) is 15.4. The smallest absolute Gasteiger partial charge is 0.254 e. The van der Waals surface area contributed by atoms with Crippen molar-refractivity contribution in [2.24, 2.45) is 5.41 Å². The molecule has 2 rings (SSSR count). The largest absolute Gasteiger partial charge is 0.396 e. The van der Waals surface area contributed by atoms with Gasteiger partial charge in [0.15, 0.2) is 0 Å². The van der Waals surface area contributed by atoms with Crippen LogP contribution in [0.1, 0.15) is 43.2 Å². The lowest BCUT2D eigenvalue weighted by atomic mass is 9.85. The van der Waals surface area contributed by atoms with Crippen LogP contribution in [-0.2, 0) is 0 Å². The van der Waals surface area contributed by atoms with Gasteiger partial charge in [-0.05, 0) is 18.8 Å². The molecule has 0 bridgehead atoms. The standard InChI is InChI=1S/C14H21N5O2/c1-9-10(7-15-13-16-8-17-19(9)13)12(21)18-11(5-6-20)14(2,3)4/h7-8,11,20H,5-6H2,1-4H3,(H,18,21). The third kappa shape index (κ3) is 3.18. The number of aliphatic hydroxyl groups is 1. The fraction of sp³-hybridized carbons (Fsp3) is 0.571. The Hall–Kier alpha value is -2.02. The SMILES string of the molecule is Cc1c(C(=O)NC(CCO)C(C)(C)C)cnc2ncnn12. The Morgan fingerprint density at radius 2 is 2.14 bits per heavy atom. The van der Waals surface area contributed by atoms with Crippen LogP contribution in [0.3, 0.4) is 0 Å². The molecule has 2 heterocycles. The lowest BCUT2D eigenvalue weighted by Crippen LogP contribution is -2.44. The van der Waals surface area contributed by atoms with Crippen molar-refractivity contribution in [2.75, 3.05) is 6.61 Å². The van der Waals surface area contributed by atoms with Crippen LogP contribution in [0.4, 0.5) is 0 Å². The highest BCUT2D eigenvalue weighted by molar-refractivity contribution is 5.95. The van der Waals surface area contributed by atoms with Gasteiger partial charge in [0.2, 0.25) is 0 Å². The minimum atomic E-state index is -0.217. The zero-order valence-electron chi connectivity index (χ0n) is 12.8. The van der Waals surface area contributed by atoms with Gasteiger partial charge in [0.05, 0.1) is 11.3 Å². The van der Waals surface area contributed by atoms with E-state index >= 15 is 0 Å². The Labute approximate surface area is 123 Å². The van der Waals surface area contributed by atoms with Gasteiger partial charge in [0, 0.05) is 18.8 Å². The molecule has 0 aromatic carbocycles. The number of carbonyl (C=O) groups excluding carboxylic acids is 1. The van der Waals surface area contributed by atoms with E-state index in [1.54, 1.807) is 6.92 Å². The molecule has 7 nitrogen and oxygen atoms in total. The average molecular weight is 291 g/mol. The van der Waals surface area contributed by atoms with Crippen LogP contribution in [-0.4, -0.2) is 43.2 Å². The van der Waals surface area contributed by atoms with Gasteiger partial charge in [-0.1, -0.05) is 20.8 Å². The lowest BCUT2D eigenvalue weighted by Gasteiger charge is -2.31. The number of nitrogens with one attached hydrogen (secondary N) is 1. The number of amides is 1. The number of hydrogen-bond donors (Lipinski definition) is 2. The fourth-order valence-corrected chi connectivity index (χ4v) is 2.20. The second-order valence-corrected chi connectivity index (χ2v) is 6.13. The number of hydrogen-bond acceptors (Lipinski definition) is 5. The average Bonchev–Trinajstić information content (AvgIpc) is 2.86. The van der Waals surface area contributed by atoms with Crippen LogP contribution < -0.4 is 5.32 Å². The Morgan fingerprint density at radius 1 is 1.43 bits per heavy atom. The summed E-state index contributed by atoms with van der Waals surface area (Å²) < 4.78 is 1.53. The molecule has 1 atom stereocenters. The topological polar surface area (TPSA) is 92.4 Å². The van der Waals surface area contributed by atoms with Gasteiger partial charge < -0.3 is 10.4 Å². The molecule has 0 radical (unpaired) electrons. The van der Waals surface area contributed by atoms with Crippen molar-refractivity contribution >= 4 is 11.7 Å². The molecule has 1 unspecified atom stereocenters. The van der Waals surface area contributed by atoms with E-state index in [1.807, 2.05) is 20.8 Å². The Balaban J connectivity index is 2.27. The number of aryl methyl sites for hydroxylation is 1. The van der Waals surface area contributed by atoms with E-state index in [4.69, 9.17) is 5.11 Å². The Kier molecular flexibility index (Phi) is 4.22. The molecule has 1 amide bonds. The first-order valence-electron chi connectivity index (χ1n) is 6.91. The maximum atomic E-state index is 12.5. The summed E-state index contributed by atoms with van der Waals surface area (Å²) in [5.74, 6) is 0.248.